The van der Waals surface area contributed by atoms with Crippen molar-refractivity contribution in [3.05, 3.63) is 21.1 Å². The topological polar surface area (TPSA) is 49.6 Å². The van der Waals surface area contributed by atoms with E-state index in [0.717, 1.165) is 0 Å². The molecule has 50 valence electrons. The molecule has 10 heavy (non-hydrogen) atoms. The van der Waals surface area contributed by atoms with Crippen LogP contribution in [0.5, 0.6) is 0 Å². The molecule has 0 spiro atoms. The second kappa shape index (κ2) is 3.08. The fraction of sp³-hybridized carbons (Fsp3) is 0. The number of nitrogens with zero attached hydrogens (tertiary/aromatic N) is 3. The lowest BCUT2D eigenvalue weighted by Crippen LogP contribution is -1.86. The summed E-state index contributed by atoms with van der Waals surface area (Å²) in [5, 5.41) is 8.43. The second-order valence-corrected chi connectivity index (χ2v) is 2.92. The maximum atomic E-state index is 8.43. The Morgan fingerprint density at radius 1 is 1.50 bits per heavy atom. The minimum absolute atomic E-state index is 0.434. The summed E-state index contributed by atoms with van der Waals surface area (Å²) in [5.41, 5.74) is 0.434. The molecular weight excluding hydrogens is 262 g/mol. The van der Waals surface area contributed by atoms with Crippen LogP contribution in [0.15, 0.2) is 15.5 Å². The third kappa shape index (κ3) is 1.52. The first-order chi connectivity index (χ1) is 4.74. The lowest BCUT2D eigenvalue weighted by atomic mass is 10.4. The molecule has 0 aliphatic heterocycles. The Labute approximate surface area is 74.4 Å². The molecule has 1 rings (SSSR count). The summed E-state index contributed by atoms with van der Waals surface area (Å²) >= 11 is 6.17. The van der Waals surface area contributed by atoms with Gasteiger partial charge in [-0.25, -0.2) is 9.97 Å². The Bertz CT molecular complexity index is 291. The molecule has 0 aromatic carbocycles. The van der Waals surface area contributed by atoms with Gasteiger partial charge in [0.25, 0.3) is 0 Å². The Morgan fingerprint density at radius 2 is 2.20 bits per heavy atom. The van der Waals surface area contributed by atoms with Gasteiger partial charge in [-0.05, 0) is 31.9 Å². The predicted octanol–water partition coefficient (Wildman–Crippen LogP) is 1.87. The minimum Gasteiger partial charge on any atom is -0.229 e. The van der Waals surface area contributed by atoms with Crippen LogP contribution >= 0.6 is 31.9 Å². The first-order valence-electron chi connectivity index (χ1n) is 2.32. The van der Waals surface area contributed by atoms with Crippen LogP contribution in [-0.2, 0) is 0 Å². The van der Waals surface area contributed by atoms with Crippen molar-refractivity contribution >= 4 is 31.9 Å². The number of hydrogen-bond donors (Lipinski definition) is 0. The van der Waals surface area contributed by atoms with Crippen molar-refractivity contribution in [2.45, 2.75) is 0 Å². The van der Waals surface area contributed by atoms with E-state index in [0.29, 0.717) is 14.9 Å². The van der Waals surface area contributed by atoms with Crippen LogP contribution in [0.4, 0.5) is 0 Å². The molecule has 0 radical (unpaired) electrons. The average Bonchev–Trinajstić information content (AvgIpc) is 1.88. The van der Waals surface area contributed by atoms with E-state index in [9.17, 15) is 0 Å². The molecule has 1 heterocycles. The summed E-state index contributed by atoms with van der Waals surface area (Å²) in [5.74, 6) is 0. The highest BCUT2D eigenvalue weighted by molar-refractivity contribution is 9.11. The lowest BCUT2D eigenvalue weighted by molar-refractivity contribution is 1.07. The SMILES string of the molecule is N#Cc1cnc(Br)nc1Br. The van der Waals surface area contributed by atoms with E-state index >= 15 is 0 Å². The molecule has 0 aliphatic rings. The fourth-order valence-electron chi connectivity index (χ4n) is 0.416. The number of hydrogen-bond acceptors (Lipinski definition) is 3. The molecule has 3 nitrogen and oxygen atoms in total. The van der Waals surface area contributed by atoms with Crippen LogP contribution in [-0.4, -0.2) is 9.97 Å². The van der Waals surface area contributed by atoms with Gasteiger partial charge in [-0.15, -0.1) is 0 Å². The van der Waals surface area contributed by atoms with Crippen LogP contribution in [0.3, 0.4) is 0 Å². The van der Waals surface area contributed by atoms with Gasteiger partial charge in [0.05, 0.1) is 6.20 Å². The normalized spacial score (nSPS) is 8.90. The predicted molar refractivity (Wildman–Crippen MR) is 42.1 cm³/mol. The summed E-state index contributed by atoms with van der Waals surface area (Å²) in [7, 11) is 0. The van der Waals surface area contributed by atoms with E-state index in [1.54, 1.807) is 0 Å². The van der Waals surface area contributed by atoms with Crippen molar-refractivity contribution in [2.75, 3.05) is 0 Å². The van der Waals surface area contributed by atoms with Crippen molar-refractivity contribution in [3.8, 4) is 6.07 Å². The van der Waals surface area contributed by atoms with Gasteiger partial charge in [0.15, 0.2) is 4.73 Å². The van der Waals surface area contributed by atoms with Gasteiger partial charge in [0, 0.05) is 0 Å². The number of rotatable bonds is 0. The molecule has 0 bridgehead atoms. The molecule has 0 amide bonds. The molecule has 0 unspecified atom stereocenters. The largest absolute Gasteiger partial charge is 0.229 e. The van der Waals surface area contributed by atoms with Gasteiger partial charge in [-0.2, -0.15) is 5.26 Å². The van der Waals surface area contributed by atoms with Crippen LogP contribution in [0.1, 0.15) is 5.56 Å². The maximum Gasteiger partial charge on any atom is 0.197 e. The second-order valence-electron chi connectivity index (χ2n) is 1.46. The first-order valence-corrected chi connectivity index (χ1v) is 3.91. The molecular formula is C5HBr2N3. The molecule has 0 saturated heterocycles. The average molecular weight is 263 g/mol. The summed E-state index contributed by atoms with van der Waals surface area (Å²) < 4.78 is 0.982. The van der Waals surface area contributed by atoms with E-state index < -0.39 is 0 Å². The van der Waals surface area contributed by atoms with E-state index in [1.807, 2.05) is 6.07 Å². The highest BCUT2D eigenvalue weighted by atomic mass is 79.9. The Hall–Kier alpha value is -0.470. The van der Waals surface area contributed by atoms with Crippen molar-refractivity contribution in [2.24, 2.45) is 0 Å². The lowest BCUT2D eigenvalue weighted by Gasteiger charge is -1.91. The van der Waals surface area contributed by atoms with Gasteiger partial charge >= 0.3 is 0 Å². The van der Waals surface area contributed by atoms with Gasteiger partial charge in [0.1, 0.15) is 16.2 Å². The van der Waals surface area contributed by atoms with Gasteiger partial charge in [-0.1, -0.05) is 0 Å². The number of nitriles is 1. The van der Waals surface area contributed by atoms with Crippen LogP contribution in [0.25, 0.3) is 0 Å². The Morgan fingerprint density at radius 3 is 2.70 bits per heavy atom. The first kappa shape index (κ1) is 7.63. The summed E-state index contributed by atoms with van der Waals surface area (Å²) in [4.78, 5) is 7.61. The fourth-order valence-corrected chi connectivity index (χ4v) is 1.29. The van der Waals surface area contributed by atoms with Crippen LogP contribution < -0.4 is 0 Å². The third-order valence-corrected chi connectivity index (χ3v) is 1.82. The molecule has 1 aromatic heterocycles. The van der Waals surface area contributed by atoms with Crippen LogP contribution in [0.2, 0.25) is 0 Å². The van der Waals surface area contributed by atoms with Gasteiger partial charge in [-0.3, -0.25) is 0 Å². The van der Waals surface area contributed by atoms with Crippen LogP contribution in [0, 0.1) is 11.3 Å². The zero-order valence-corrected chi connectivity index (χ0v) is 7.85. The Kier molecular flexibility index (Phi) is 2.35. The van der Waals surface area contributed by atoms with E-state index in [2.05, 4.69) is 41.8 Å². The highest BCUT2D eigenvalue weighted by Crippen LogP contribution is 2.13. The van der Waals surface area contributed by atoms with Gasteiger partial charge in [0.2, 0.25) is 0 Å². The van der Waals surface area contributed by atoms with E-state index in [4.69, 9.17) is 5.26 Å². The smallest absolute Gasteiger partial charge is 0.197 e. The molecule has 0 fully saturated rings. The van der Waals surface area contributed by atoms with Crippen molar-refractivity contribution in [3.63, 3.8) is 0 Å². The minimum atomic E-state index is 0.434. The molecule has 0 saturated carbocycles. The van der Waals surface area contributed by atoms with Crippen molar-refractivity contribution in [1.29, 1.82) is 5.26 Å². The maximum absolute atomic E-state index is 8.43. The monoisotopic (exact) mass is 261 g/mol. The molecule has 1 aromatic rings. The van der Waals surface area contributed by atoms with Gasteiger partial charge < -0.3 is 0 Å². The molecule has 5 heteroatoms. The van der Waals surface area contributed by atoms with E-state index in [1.165, 1.54) is 6.20 Å². The van der Waals surface area contributed by atoms with Crippen molar-refractivity contribution in [1.82, 2.24) is 9.97 Å². The standard InChI is InChI=1S/C5HBr2N3/c6-4-3(1-8)2-9-5(7)10-4/h2H. The zero-order valence-electron chi connectivity index (χ0n) is 4.67. The Balaban J connectivity index is 3.23. The molecule has 0 N–H and O–H groups in total. The zero-order chi connectivity index (χ0) is 7.56. The quantitative estimate of drug-likeness (QED) is 0.530. The molecule has 0 aliphatic carbocycles. The molecule has 0 atom stereocenters. The van der Waals surface area contributed by atoms with Crippen molar-refractivity contribution < 1.29 is 0 Å². The third-order valence-electron chi connectivity index (χ3n) is 0.833. The summed E-state index contributed by atoms with van der Waals surface area (Å²) in [6.45, 7) is 0. The number of halogens is 2. The highest BCUT2D eigenvalue weighted by Gasteiger charge is 1.99. The van der Waals surface area contributed by atoms with E-state index in [-0.39, 0.29) is 0 Å². The summed E-state index contributed by atoms with van der Waals surface area (Å²) in [6.07, 6.45) is 1.45. The number of aromatic nitrogens is 2. The summed E-state index contributed by atoms with van der Waals surface area (Å²) in [6, 6.07) is 1.93.